The summed E-state index contributed by atoms with van der Waals surface area (Å²) in [5.41, 5.74) is 0. The second-order valence-corrected chi connectivity index (χ2v) is 9.06. The van der Waals surface area contributed by atoms with Crippen molar-refractivity contribution < 1.29 is 0 Å². The van der Waals surface area contributed by atoms with E-state index in [1.807, 2.05) is 18.5 Å². The van der Waals surface area contributed by atoms with Gasteiger partial charge in [0.2, 0.25) is 5.95 Å². The molecule has 0 bridgehead atoms. The van der Waals surface area contributed by atoms with Gasteiger partial charge in [-0.15, -0.1) is 0 Å². The monoisotopic (exact) mass is 405 g/mol. The van der Waals surface area contributed by atoms with Gasteiger partial charge >= 0.3 is 0 Å². The maximum atomic E-state index is 4.94. The highest BCUT2D eigenvalue weighted by Gasteiger charge is 2.25. The summed E-state index contributed by atoms with van der Waals surface area (Å²) in [6.07, 6.45) is 3.63. The average Bonchev–Trinajstić information content (AvgIpc) is 2.74. The van der Waals surface area contributed by atoms with Crippen LogP contribution in [0.5, 0.6) is 0 Å². The number of thioether (sulfide) groups is 1. The van der Waals surface area contributed by atoms with E-state index in [9.17, 15) is 0 Å². The molecule has 1 aromatic rings. The first-order valence-electron chi connectivity index (χ1n) is 10.6. The Bertz CT molecular complexity index is 602. The molecule has 1 N–H and O–H groups in total. The Labute approximate surface area is 174 Å². The number of piperazine rings is 1. The minimum atomic E-state index is 0.700. The normalized spacial score (nSPS) is 22.0. The Kier molecular flexibility index (Phi) is 8.21. The highest BCUT2D eigenvalue weighted by Crippen LogP contribution is 2.24. The van der Waals surface area contributed by atoms with Crippen LogP contribution in [0.2, 0.25) is 0 Å². The third-order valence-electron chi connectivity index (χ3n) is 5.36. The zero-order valence-corrected chi connectivity index (χ0v) is 18.4. The minimum absolute atomic E-state index is 0.700. The Morgan fingerprint density at radius 1 is 1.21 bits per heavy atom. The molecule has 28 heavy (non-hydrogen) atoms. The van der Waals surface area contributed by atoms with Gasteiger partial charge in [-0.05, 0) is 18.9 Å². The molecule has 2 aliphatic heterocycles. The molecule has 3 heterocycles. The number of aromatic nitrogens is 2. The van der Waals surface area contributed by atoms with E-state index in [1.165, 1.54) is 5.75 Å². The molecule has 7 nitrogen and oxygen atoms in total. The lowest BCUT2D eigenvalue weighted by atomic mass is 10.1. The van der Waals surface area contributed by atoms with Gasteiger partial charge in [0.1, 0.15) is 0 Å². The Balaban J connectivity index is 1.47. The fraction of sp³-hybridized carbons (Fsp3) is 0.750. The number of aliphatic imine (C=N–C) groups is 1. The van der Waals surface area contributed by atoms with E-state index in [4.69, 9.17) is 4.99 Å². The summed E-state index contributed by atoms with van der Waals surface area (Å²) in [6.45, 7) is 15.8. The molecule has 1 unspecified atom stereocenters. The van der Waals surface area contributed by atoms with E-state index in [0.717, 1.165) is 70.8 Å². The predicted octanol–water partition coefficient (Wildman–Crippen LogP) is 1.64. The molecular formula is C20H35N7S. The van der Waals surface area contributed by atoms with E-state index < -0.39 is 0 Å². The van der Waals surface area contributed by atoms with Gasteiger partial charge in [0.25, 0.3) is 0 Å². The zero-order valence-electron chi connectivity index (χ0n) is 17.5. The SMILES string of the molecule is CCNC(=NCCN1CCN(c2ncccn2)CC1)N1CCSC(C(C)C)C1. The van der Waals surface area contributed by atoms with Gasteiger partial charge in [0.15, 0.2) is 5.96 Å². The molecule has 0 saturated carbocycles. The van der Waals surface area contributed by atoms with Gasteiger partial charge in [-0.1, -0.05) is 13.8 Å². The molecule has 0 spiro atoms. The molecular weight excluding hydrogens is 370 g/mol. The summed E-state index contributed by atoms with van der Waals surface area (Å²) in [6, 6.07) is 1.87. The van der Waals surface area contributed by atoms with E-state index in [2.05, 4.69) is 62.5 Å². The third kappa shape index (κ3) is 5.98. The van der Waals surface area contributed by atoms with E-state index in [0.29, 0.717) is 11.2 Å². The standard InChI is InChI=1S/C20H35N7S/c1-4-21-19(27-14-15-28-18(16-27)17(2)3)24-8-9-25-10-12-26(13-11-25)20-22-6-5-7-23-20/h5-7,17-18H,4,8-16H2,1-3H3,(H,21,24). The van der Waals surface area contributed by atoms with Crippen LogP contribution in [0.25, 0.3) is 0 Å². The molecule has 0 radical (unpaired) electrons. The number of nitrogens with zero attached hydrogens (tertiary/aromatic N) is 6. The zero-order chi connectivity index (χ0) is 19.8. The number of hydrogen-bond donors (Lipinski definition) is 1. The van der Waals surface area contributed by atoms with Crippen LogP contribution in [-0.2, 0) is 0 Å². The predicted molar refractivity (Wildman–Crippen MR) is 119 cm³/mol. The lowest BCUT2D eigenvalue weighted by Crippen LogP contribution is -2.50. The number of hydrogen-bond acceptors (Lipinski definition) is 6. The molecule has 8 heteroatoms. The van der Waals surface area contributed by atoms with Crippen LogP contribution in [0.15, 0.2) is 23.5 Å². The van der Waals surface area contributed by atoms with Crippen LogP contribution in [-0.4, -0.2) is 95.6 Å². The molecule has 0 amide bonds. The topological polar surface area (TPSA) is 59.9 Å². The molecule has 2 aliphatic rings. The first-order chi connectivity index (χ1) is 13.7. The molecule has 0 aromatic carbocycles. The Morgan fingerprint density at radius 2 is 1.96 bits per heavy atom. The van der Waals surface area contributed by atoms with Gasteiger partial charge in [-0.25, -0.2) is 9.97 Å². The van der Waals surface area contributed by atoms with Gasteiger partial charge in [0, 0.05) is 75.8 Å². The van der Waals surface area contributed by atoms with E-state index in [1.54, 1.807) is 0 Å². The van der Waals surface area contributed by atoms with Crippen LogP contribution < -0.4 is 10.2 Å². The molecule has 2 saturated heterocycles. The van der Waals surface area contributed by atoms with Crippen molar-refractivity contribution in [3.63, 3.8) is 0 Å². The molecule has 1 aromatic heterocycles. The first kappa shape index (κ1) is 21.2. The third-order valence-corrected chi connectivity index (χ3v) is 6.90. The summed E-state index contributed by atoms with van der Waals surface area (Å²) < 4.78 is 0. The molecule has 2 fully saturated rings. The fourth-order valence-electron chi connectivity index (χ4n) is 3.62. The van der Waals surface area contributed by atoms with Crippen LogP contribution in [0.3, 0.4) is 0 Å². The summed E-state index contributed by atoms with van der Waals surface area (Å²) in [4.78, 5) is 20.9. The van der Waals surface area contributed by atoms with E-state index in [-0.39, 0.29) is 0 Å². The Morgan fingerprint density at radius 3 is 2.64 bits per heavy atom. The van der Waals surface area contributed by atoms with Crippen LogP contribution in [0.4, 0.5) is 5.95 Å². The summed E-state index contributed by atoms with van der Waals surface area (Å²) >= 11 is 2.11. The number of guanidine groups is 1. The van der Waals surface area contributed by atoms with Crippen molar-refractivity contribution in [2.75, 3.05) is 69.6 Å². The summed E-state index contributed by atoms with van der Waals surface area (Å²) in [5, 5.41) is 4.20. The minimum Gasteiger partial charge on any atom is -0.357 e. The van der Waals surface area contributed by atoms with E-state index >= 15 is 0 Å². The number of rotatable bonds is 6. The highest BCUT2D eigenvalue weighted by molar-refractivity contribution is 8.00. The lowest BCUT2D eigenvalue weighted by Gasteiger charge is -2.36. The summed E-state index contributed by atoms with van der Waals surface area (Å²) in [5.74, 6) is 3.83. The van der Waals surface area contributed by atoms with Crippen molar-refractivity contribution in [3.05, 3.63) is 18.5 Å². The smallest absolute Gasteiger partial charge is 0.225 e. The van der Waals surface area contributed by atoms with Crippen LogP contribution in [0.1, 0.15) is 20.8 Å². The Hall–Kier alpha value is -1.54. The molecule has 1 atom stereocenters. The largest absolute Gasteiger partial charge is 0.357 e. The average molecular weight is 406 g/mol. The van der Waals surface area contributed by atoms with Crippen molar-refractivity contribution in [2.24, 2.45) is 10.9 Å². The maximum absolute atomic E-state index is 4.94. The van der Waals surface area contributed by atoms with Crippen LogP contribution in [0, 0.1) is 5.92 Å². The fourth-order valence-corrected chi connectivity index (χ4v) is 4.92. The summed E-state index contributed by atoms with van der Waals surface area (Å²) in [7, 11) is 0. The lowest BCUT2D eigenvalue weighted by molar-refractivity contribution is 0.263. The second-order valence-electron chi connectivity index (χ2n) is 7.71. The van der Waals surface area contributed by atoms with Gasteiger partial charge in [0.05, 0.1) is 6.54 Å². The van der Waals surface area contributed by atoms with Crippen molar-refractivity contribution in [2.45, 2.75) is 26.0 Å². The van der Waals surface area contributed by atoms with Crippen molar-refractivity contribution in [1.82, 2.24) is 25.1 Å². The number of nitrogens with one attached hydrogen (secondary N) is 1. The molecule has 3 rings (SSSR count). The van der Waals surface area contributed by atoms with Gasteiger partial charge in [-0.2, -0.15) is 11.8 Å². The van der Waals surface area contributed by atoms with Gasteiger partial charge in [-0.3, -0.25) is 9.89 Å². The van der Waals surface area contributed by atoms with Crippen molar-refractivity contribution in [3.8, 4) is 0 Å². The van der Waals surface area contributed by atoms with Crippen molar-refractivity contribution >= 4 is 23.7 Å². The molecule has 0 aliphatic carbocycles. The number of anilines is 1. The van der Waals surface area contributed by atoms with Gasteiger partial charge < -0.3 is 15.1 Å². The first-order valence-corrected chi connectivity index (χ1v) is 11.6. The second kappa shape index (κ2) is 10.9. The van der Waals surface area contributed by atoms with Crippen LogP contribution >= 0.6 is 11.8 Å². The highest BCUT2D eigenvalue weighted by atomic mass is 32.2. The van der Waals surface area contributed by atoms with Crippen molar-refractivity contribution in [1.29, 1.82) is 0 Å². The molecule has 156 valence electrons. The maximum Gasteiger partial charge on any atom is 0.225 e. The quantitative estimate of drug-likeness (QED) is 0.570.